The van der Waals surface area contributed by atoms with E-state index in [1.807, 2.05) is 6.07 Å². The minimum absolute atomic E-state index is 0.385. The number of benzene rings is 1. The van der Waals surface area contributed by atoms with Gasteiger partial charge in [0, 0.05) is 23.0 Å². The molecule has 0 aliphatic heterocycles. The van der Waals surface area contributed by atoms with Crippen LogP contribution < -0.4 is 4.74 Å². The molecular weight excluding hydrogens is 212 g/mol. The Morgan fingerprint density at radius 3 is 2.41 bits per heavy atom. The van der Waals surface area contributed by atoms with Crippen LogP contribution in [0, 0.1) is 0 Å². The second-order valence-corrected chi connectivity index (χ2v) is 4.94. The Morgan fingerprint density at radius 1 is 1.24 bits per heavy atom. The molecule has 2 heteroatoms. The van der Waals surface area contributed by atoms with Gasteiger partial charge >= 0.3 is 0 Å². The van der Waals surface area contributed by atoms with Crippen molar-refractivity contribution >= 4 is 0 Å². The number of ether oxygens (including phenoxy) is 1. The highest BCUT2D eigenvalue weighted by molar-refractivity contribution is 5.60. The number of hydrogen-bond acceptors (Lipinski definition) is 2. The summed E-state index contributed by atoms with van der Waals surface area (Å²) in [6.45, 7) is 2.07. The van der Waals surface area contributed by atoms with Gasteiger partial charge < -0.3 is 9.84 Å². The van der Waals surface area contributed by atoms with Crippen LogP contribution in [0.5, 0.6) is 11.5 Å². The van der Waals surface area contributed by atoms with E-state index in [2.05, 4.69) is 19.1 Å². The lowest BCUT2D eigenvalue weighted by Gasteiger charge is -2.35. The molecule has 2 nitrogen and oxygen atoms in total. The van der Waals surface area contributed by atoms with Gasteiger partial charge in [0.05, 0.1) is 7.11 Å². The lowest BCUT2D eigenvalue weighted by Crippen LogP contribution is -2.18. The molecule has 0 heterocycles. The number of phenols is 1. The number of allylic oxidation sites excluding steroid dienone is 2. The highest BCUT2D eigenvalue weighted by Gasteiger charge is 2.34. The van der Waals surface area contributed by atoms with Crippen LogP contribution in [-0.4, -0.2) is 12.2 Å². The minimum Gasteiger partial charge on any atom is -0.507 e. The van der Waals surface area contributed by atoms with Crippen LogP contribution in [0.4, 0.5) is 0 Å². The summed E-state index contributed by atoms with van der Waals surface area (Å²) in [6.07, 6.45) is 7.68. The van der Waals surface area contributed by atoms with E-state index in [4.69, 9.17) is 4.74 Å². The zero-order valence-electron chi connectivity index (χ0n) is 10.4. The van der Waals surface area contributed by atoms with Crippen molar-refractivity contribution in [3.8, 4) is 11.5 Å². The Morgan fingerprint density at radius 2 is 1.88 bits per heavy atom. The summed E-state index contributed by atoms with van der Waals surface area (Å²) in [6, 6.07) is 2.00. The summed E-state index contributed by atoms with van der Waals surface area (Å²) in [5.74, 6) is 2.27. The molecule has 1 N–H and O–H groups in total. The predicted molar refractivity (Wildman–Crippen MR) is 67.9 cm³/mol. The third-order valence-corrected chi connectivity index (χ3v) is 4.13. The predicted octanol–water partition coefficient (Wildman–Crippen LogP) is 3.49. The first kappa shape index (κ1) is 10.7. The van der Waals surface area contributed by atoms with E-state index in [9.17, 15) is 5.11 Å². The van der Waals surface area contributed by atoms with Gasteiger partial charge in [-0.25, -0.2) is 0 Å². The zero-order chi connectivity index (χ0) is 12.0. The number of phenolic OH excluding ortho intramolecular Hbond substituents is 1. The Kier molecular flexibility index (Phi) is 2.39. The SMILES string of the molecule is CCc1cc(OC)c2c(c1O)[C@@H]1C=C[C@H]2CC1. The topological polar surface area (TPSA) is 29.5 Å². The fourth-order valence-corrected chi connectivity index (χ4v) is 3.23. The molecule has 3 aliphatic rings. The summed E-state index contributed by atoms with van der Waals surface area (Å²) < 4.78 is 5.52. The van der Waals surface area contributed by atoms with E-state index < -0.39 is 0 Å². The van der Waals surface area contributed by atoms with Crippen molar-refractivity contribution in [1.82, 2.24) is 0 Å². The van der Waals surface area contributed by atoms with Gasteiger partial charge in [-0.2, -0.15) is 0 Å². The highest BCUT2D eigenvalue weighted by Crippen LogP contribution is 2.52. The maximum absolute atomic E-state index is 10.4. The number of fused-ring (bicyclic) bond motifs is 1. The van der Waals surface area contributed by atoms with Gasteiger partial charge in [0.15, 0.2) is 0 Å². The molecule has 1 aromatic rings. The van der Waals surface area contributed by atoms with Crippen LogP contribution in [0.1, 0.15) is 48.3 Å². The molecule has 2 atom stereocenters. The van der Waals surface area contributed by atoms with Gasteiger partial charge in [0.25, 0.3) is 0 Å². The molecular formula is C15H18O2. The smallest absolute Gasteiger partial charge is 0.123 e. The Hall–Kier alpha value is -1.44. The molecule has 3 aliphatic carbocycles. The summed E-state index contributed by atoms with van der Waals surface area (Å²) in [4.78, 5) is 0. The fourth-order valence-electron chi connectivity index (χ4n) is 3.23. The van der Waals surface area contributed by atoms with Crippen molar-refractivity contribution in [2.45, 2.75) is 38.0 Å². The molecule has 90 valence electrons. The van der Waals surface area contributed by atoms with Crippen LogP contribution >= 0.6 is 0 Å². The zero-order valence-corrected chi connectivity index (χ0v) is 10.4. The van der Waals surface area contributed by atoms with E-state index in [0.717, 1.165) is 29.7 Å². The number of rotatable bonds is 2. The average Bonchev–Trinajstić information content (AvgIpc) is 2.40. The third kappa shape index (κ3) is 1.40. The first-order valence-electron chi connectivity index (χ1n) is 6.37. The quantitative estimate of drug-likeness (QED) is 0.788. The van der Waals surface area contributed by atoms with Crippen LogP contribution in [0.2, 0.25) is 0 Å². The van der Waals surface area contributed by atoms with E-state index in [-0.39, 0.29) is 0 Å². The maximum atomic E-state index is 10.4. The van der Waals surface area contributed by atoms with Gasteiger partial charge in [0.2, 0.25) is 0 Å². The highest BCUT2D eigenvalue weighted by atomic mass is 16.5. The molecule has 1 aromatic carbocycles. The Balaban J connectivity index is 2.28. The Bertz CT molecular complexity index is 488. The van der Waals surface area contributed by atoms with E-state index in [1.54, 1.807) is 7.11 Å². The summed E-state index contributed by atoms with van der Waals surface area (Å²) >= 11 is 0. The van der Waals surface area contributed by atoms with Crippen LogP contribution in [0.15, 0.2) is 18.2 Å². The molecule has 2 bridgehead atoms. The monoisotopic (exact) mass is 230 g/mol. The van der Waals surface area contributed by atoms with Gasteiger partial charge in [-0.05, 0) is 30.9 Å². The van der Waals surface area contributed by atoms with Gasteiger partial charge in [0.1, 0.15) is 11.5 Å². The summed E-state index contributed by atoms with van der Waals surface area (Å²) in [5.41, 5.74) is 3.35. The van der Waals surface area contributed by atoms with Crippen molar-refractivity contribution in [3.05, 3.63) is 34.9 Å². The van der Waals surface area contributed by atoms with E-state index in [0.29, 0.717) is 17.6 Å². The summed E-state index contributed by atoms with van der Waals surface area (Å²) in [7, 11) is 1.72. The Labute approximate surface area is 102 Å². The van der Waals surface area contributed by atoms with Crippen molar-refractivity contribution in [2.75, 3.05) is 7.11 Å². The number of methoxy groups -OCH3 is 1. The molecule has 17 heavy (non-hydrogen) atoms. The second-order valence-electron chi connectivity index (χ2n) is 4.94. The first-order chi connectivity index (χ1) is 8.26. The van der Waals surface area contributed by atoms with E-state index >= 15 is 0 Å². The largest absolute Gasteiger partial charge is 0.507 e. The second kappa shape index (κ2) is 3.80. The minimum atomic E-state index is 0.385. The molecule has 4 rings (SSSR count). The van der Waals surface area contributed by atoms with Crippen molar-refractivity contribution in [2.24, 2.45) is 0 Å². The van der Waals surface area contributed by atoms with Crippen molar-refractivity contribution in [1.29, 1.82) is 0 Å². The van der Waals surface area contributed by atoms with Crippen LogP contribution in [0.25, 0.3) is 0 Å². The molecule has 0 unspecified atom stereocenters. The lowest BCUT2D eigenvalue weighted by molar-refractivity contribution is 0.388. The van der Waals surface area contributed by atoms with Crippen LogP contribution in [-0.2, 0) is 6.42 Å². The fraction of sp³-hybridized carbons (Fsp3) is 0.467. The van der Waals surface area contributed by atoms with Gasteiger partial charge in [-0.15, -0.1) is 0 Å². The molecule has 0 radical (unpaired) electrons. The molecule has 0 fully saturated rings. The summed E-state index contributed by atoms with van der Waals surface area (Å²) in [5, 5.41) is 10.4. The number of aryl methyl sites for hydroxylation is 1. The first-order valence-corrected chi connectivity index (χ1v) is 6.37. The maximum Gasteiger partial charge on any atom is 0.123 e. The number of aromatic hydroxyl groups is 1. The average molecular weight is 230 g/mol. The normalized spacial score (nSPS) is 24.8. The molecule has 0 saturated carbocycles. The molecule has 0 spiro atoms. The van der Waals surface area contributed by atoms with Crippen molar-refractivity contribution < 1.29 is 9.84 Å². The standard InChI is InChI=1S/C15H18O2/c1-3-9-8-12(17-2)13-10-4-6-11(7-5-10)14(13)15(9)16/h4,6,8,10-11,16H,3,5,7H2,1-2H3/t10-,11+/m0/s1. The third-order valence-electron chi connectivity index (χ3n) is 4.13. The molecule has 0 saturated heterocycles. The molecule has 0 aromatic heterocycles. The van der Waals surface area contributed by atoms with Crippen molar-refractivity contribution in [3.63, 3.8) is 0 Å². The van der Waals surface area contributed by atoms with Gasteiger partial charge in [-0.1, -0.05) is 19.1 Å². The number of hydrogen-bond donors (Lipinski definition) is 1. The lowest BCUT2D eigenvalue weighted by atomic mass is 9.70. The molecule has 0 amide bonds. The van der Waals surface area contributed by atoms with Crippen LogP contribution in [0.3, 0.4) is 0 Å². The van der Waals surface area contributed by atoms with Gasteiger partial charge in [-0.3, -0.25) is 0 Å². The van der Waals surface area contributed by atoms with E-state index in [1.165, 1.54) is 12.0 Å².